The number of guanidine groups is 1. The summed E-state index contributed by atoms with van der Waals surface area (Å²) in [6.07, 6.45) is 1.82. The summed E-state index contributed by atoms with van der Waals surface area (Å²) in [5.41, 5.74) is 2.14. The zero-order chi connectivity index (χ0) is 15.4. The van der Waals surface area contributed by atoms with E-state index in [4.69, 9.17) is 10.00 Å². The molecule has 0 bridgehead atoms. The minimum Gasteiger partial charge on any atom is -0.497 e. The van der Waals surface area contributed by atoms with Gasteiger partial charge in [0.1, 0.15) is 11.8 Å². The SMILES string of the molecule is COc1ccc([C@@H]2N=C(NC#N)NC(C)=C2C(C)=O)cc1. The van der Waals surface area contributed by atoms with Crippen LogP contribution < -0.4 is 15.4 Å². The Hall–Kier alpha value is -2.81. The maximum Gasteiger partial charge on any atom is 0.209 e. The lowest BCUT2D eigenvalue weighted by Crippen LogP contribution is -2.38. The smallest absolute Gasteiger partial charge is 0.209 e. The molecule has 0 unspecified atom stereocenters. The second-order valence-corrected chi connectivity index (χ2v) is 4.61. The maximum atomic E-state index is 11.9. The minimum atomic E-state index is -0.439. The van der Waals surface area contributed by atoms with Crippen LogP contribution in [0.25, 0.3) is 0 Å². The van der Waals surface area contributed by atoms with Gasteiger partial charge in [-0.1, -0.05) is 12.1 Å². The molecule has 21 heavy (non-hydrogen) atoms. The van der Waals surface area contributed by atoms with Crippen molar-refractivity contribution in [1.29, 1.82) is 5.26 Å². The van der Waals surface area contributed by atoms with Crippen molar-refractivity contribution < 1.29 is 9.53 Å². The average molecular weight is 284 g/mol. The van der Waals surface area contributed by atoms with Gasteiger partial charge in [0.05, 0.1) is 7.11 Å². The van der Waals surface area contributed by atoms with Crippen LogP contribution in [0.4, 0.5) is 0 Å². The van der Waals surface area contributed by atoms with E-state index in [9.17, 15) is 4.79 Å². The molecule has 1 aliphatic heterocycles. The number of nitrogens with one attached hydrogen (secondary N) is 2. The molecule has 0 fully saturated rings. The first kappa shape index (κ1) is 14.6. The summed E-state index contributed by atoms with van der Waals surface area (Å²) in [4.78, 5) is 16.3. The van der Waals surface area contributed by atoms with Crippen LogP contribution >= 0.6 is 0 Å². The monoisotopic (exact) mass is 284 g/mol. The van der Waals surface area contributed by atoms with Gasteiger partial charge in [0.2, 0.25) is 5.96 Å². The number of carbonyl (C=O) groups is 1. The molecule has 1 aromatic carbocycles. The molecule has 6 heteroatoms. The zero-order valence-corrected chi connectivity index (χ0v) is 12.1. The normalized spacial score (nSPS) is 17.4. The van der Waals surface area contributed by atoms with Crippen molar-refractivity contribution in [1.82, 2.24) is 10.6 Å². The molecule has 0 amide bonds. The van der Waals surface area contributed by atoms with E-state index in [-0.39, 0.29) is 5.78 Å². The van der Waals surface area contributed by atoms with E-state index < -0.39 is 6.04 Å². The first-order chi connectivity index (χ1) is 10.1. The summed E-state index contributed by atoms with van der Waals surface area (Å²) in [6.45, 7) is 3.30. The zero-order valence-electron chi connectivity index (χ0n) is 12.1. The van der Waals surface area contributed by atoms with Gasteiger partial charge in [-0.2, -0.15) is 5.26 Å². The number of ketones is 1. The second-order valence-electron chi connectivity index (χ2n) is 4.61. The number of aliphatic imine (C=N–C) groups is 1. The topological polar surface area (TPSA) is 86.5 Å². The summed E-state index contributed by atoms with van der Waals surface area (Å²) in [5, 5.41) is 14.1. The highest BCUT2D eigenvalue weighted by Gasteiger charge is 2.27. The Bertz CT molecular complexity index is 653. The van der Waals surface area contributed by atoms with Crippen LogP contribution in [0.5, 0.6) is 5.75 Å². The fourth-order valence-electron chi connectivity index (χ4n) is 2.28. The first-order valence-electron chi connectivity index (χ1n) is 6.42. The molecular weight excluding hydrogens is 268 g/mol. The van der Waals surface area contributed by atoms with Gasteiger partial charge in [0.15, 0.2) is 12.0 Å². The van der Waals surface area contributed by atoms with Crippen LogP contribution in [0, 0.1) is 11.5 Å². The number of carbonyl (C=O) groups excluding carboxylic acids is 1. The first-order valence-corrected chi connectivity index (χ1v) is 6.42. The number of hydrogen-bond donors (Lipinski definition) is 2. The number of nitriles is 1. The Morgan fingerprint density at radius 1 is 1.43 bits per heavy atom. The van der Waals surface area contributed by atoms with E-state index in [0.717, 1.165) is 11.3 Å². The number of nitrogens with zero attached hydrogens (tertiary/aromatic N) is 2. The second kappa shape index (κ2) is 6.09. The third-order valence-electron chi connectivity index (χ3n) is 3.23. The quantitative estimate of drug-likeness (QED) is 0.650. The van der Waals surface area contributed by atoms with Crippen LogP contribution in [0.15, 0.2) is 40.5 Å². The molecule has 1 atom stereocenters. The molecule has 0 saturated carbocycles. The van der Waals surface area contributed by atoms with Crippen LogP contribution in [0.1, 0.15) is 25.5 Å². The van der Waals surface area contributed by atoms with E-state index >= 15 is 0 Å². The minimum absolute atomic E-state index is 0.0550. The van der Waals surface area contributed by atoms with Gasteiger partial charge < -0.3 is 10.1 Å². The molecule has 2 rings (SSSR count). The van der Waals surface area contributed by atoms with Crippen molar-refractivity contribution in [3.05, 3.63) is 41.1 Å². The number of benzene rings is 1. The predicted octanol–water partition coefficient (Wildman–Crippen LogP) is 1.63. The van der Waals surface area contributed by atoms with Crippen molar-refractivity contribution in [2.24, 2.45) is 4.99 Å². The molecule has 0 saturated heterocycles. The number of hydrogen-bond acceptors (Lipinski definition) is 6. The van der Waals surface area contributed by atoms with Crippen molar-refractivity contribution in [3.8, 4) is 11.9 Å². The summed E-state index contributed by atoms with van der Waals surface area (Å²) < 4.78 is 5.13. The van der Waals surface area contributed by atoms with E-state index in [1.807, 2.05) is 30.5 Å². The number of rotatable bonds is 3. The molecule has 6 nitrogen and oxygen atoms in total. The van der Waals surface area contributed by atoms with Crippen LogP contribution in [-0.2, 0) is 4.79 Å². The molecule has 108 valence electrons. The van der Waals surface area contributed by atoms with Gasteiger partial charge in [-0.05, 0) is 31.5 Å². The van der Waals surface area contributed by atoms with Gasteiger partial charge in [-0.15, -0.1) is 0 Å². The Balaban J connectivity index is 2.45. The van der Waals surface area contributed by atoms with Gasteiger partial charge >= 0.3 is 0 Å². The third kappa shape index (κ3) is 3.03. The van der Waals surface area contributed by atoms with Crippen LogP contribution in [0.2, 0.25) is 0 Å². The van der Waals surface area contributed by atoms with E-state index in [1.165, 1.54) is 6.92 Å². The molecule has 1 heterocycles. The van der Waals surface area contributed by atoms with Crippen LogP contribution in [0.3, 0.4) is 0 Å². The molecule has 2 N–H and O–H groups in total. The fourth-order valence-corrected chi connectivity index (χ4v) is 2.28. The molecule has 0 spiro atoms. The van der Waals surface area contributed by atoms with Gasteiger partial charge in [0, 0.05) is 11.3 Å². The number of ether oxygens (including phenoxy) is 1. The van der Waals surface area contributed by atoms with Gasteiger partial charge in [0.25, 0.3) is 0 Å². The van der Waals surface area contributed by atoms with Crippen LogP contribution in [-0.4, -0.2) is 18.9 Å². The fraction of sp³-hybridized carbons (Fsp3) is 0.267. The maximum absolute atomic E-state index is 11.9. The summed E-state index contributed by atoms with van der Waals surface area (Å²) in [5.74, 6) is 1.01. The summed E-state index contributed by atoms with van der Waals surface area (Å²) >= 11 is 0. The highest BCUT2D eigenvalue weighted by molar-refractivity contribution is 5.98. The Morgan fingerprint density at radius 2 is 2.10 bits per heavy atom. The lowest BCUT2D eigenvalue weighted by molar-refractivity contribution is -0.113. The van der Waals surface area contributed by atoms with E-state index in [0.29, 0.717) is 17.2 Å². The van der Waals surface area contributed by atoms with Crippen molar-refractivity contribution >= 4 is 11.7 Å². The molecular formula is C15H16N4O2. The van der Waals surface area contributed by atoms with E-state index in [2.05, 4.69) is 15.6 Å². The molecule has 0 aliphatic carbocycles. The predicted molar refractivity (Wildman–Crippen MR) is 78.4 cm³/mol. The Kier molecular flexibility index (Phi) is 4.24. The Labute approximate surface area is 123 Å². The average Bonchev–Trinajstić information content (AvgIpc) is 2.46. The summed E-state index contributed by atoms with van der Waals surface area (Å²) in [6, 6.07) is 6.91. The highest BCUT2D eigenvalue weighted by atomic mass is 16.5. The Morgan fingerprint density at radius 3 is 2.62 bits per heavy atom. The third-order valence-corrected chi connectivity index (χ3v) is 3.23. The number of Topliss-reactive ketones (excluding diaryl/α,β-unsaturated/α-hetero) is 1. The van der Waals surface area contributed by atoms with E-state index in [1.54, 1.807) is 14.0 Å². The largest absolute Gasteiger partial charge is 0.497 e. The number of methoxy groups -OCH3 is 1. The van der Waals surface area contributed by atoms with Crippen molar-refractivity contribution in [2.45, 2.75) is 19.9 Å². The lowest BCUT2D eigenvalue weighted by atomic mass is 9.94. The van der Waals surface area contributed by atoms with Crippen molar-refractivity contribution in [2.75, 3.05) is 7.11 Å². The van der Waals surface area contributed by atoms with Crippen molar-refractivity contribution in [3.63, 3.8) is 0 Å². The van der Waals surface area contributed by atoms with Gasteiger partial charge in [-0.3, -0.25) is 10.1 Å². The molecule has 1 aliphatic rings. The molecule has 0 radical (unpaired) electrons. The highest BCUT2D eigenvalue weighted by Crippen LogP contribution is 2.31. The number of allylic oxidation sites excluding steroid dienone is 1. The molecule has 1 aromatic rings. The van der Waals surface area contributed by atoms with Gasteiger partial charge in [-0.25, -0.2) is 4.99 Å². The standard InChI is InChI=1S/C15H16N4O2/c1-9-13(10(2)20)14(19-15(18-9)17-8-16)11-4-6-12(21-3)7-5-11/h4-7,14H,1-3H3,(H2,17,18,19)/t14-/m0/s1. The lowest BCUT2D eigenvalue weighted by Gasteiger charge is -2.25. The molecule has 0 aromatic heterocycles. The summed E-state index contributed by atoms with van der Waals surface area (Å²) in [7, 11) is 1.59.